The first-order chi connectivity index (χ1) is 9.65. The molecule has 2 N–H and O–H groups in total. The lowest BCUT2D eigenvalue weighted by atomic mass is 10.0. The highest BCUT2D eigenvalue weighted by molar-refractivity contribution is 5.80. The lowest BCUT2D eigenvalue weighted by molar-refractivity contribution is -0.145. The van der Waals surface area contributed by atoms with Crippen LogP contribution in [0.15, 0.2) is 0 Å². The quantitative estimate of drug-likeness (QED) is 0.768. The number of aliphatic carboxylic acids is 1. The van der Waals surface area contributed by atoms with Gasteiger partial charge in [0.2, 0.25) is 5.91 Å². The van der Waals surface area contributed by atoms with E-state index in [-0.39, 0.29) is 12.5 Å². The Bertz CT molecular complexity index is 379. The van der Waals surface area contributed by atoms with Crippen LogP contribution in [0, 0.1) is 11.8 Å². The Labute approximate surface area is 119 Å². The van der Waals surface area contributed by atoms with Crippen LogP contribution in [0.5, 0.6) is 0 Å². The van der Waals surface area contributed by atoms with Crippen molar-refractivity contribution in [1.29, 1.82) is 0 Å². The molecule has 1 atom stereocenters. The van der Waals surface area contributed by atoms with E-state index in [1.54, 1.807) is 0 Å². The van der Waals surface area contributed by atoms with Crippen LogP contribution in [0.1, 0.15) is 44.9 Å². The second-order valence-electron chi connectivity index (χ2n) is 6.59. The summed E-state index contributed by atoms with van der Waals surface area (Å²) in [5.41, 5.74) is 0. The monoisotopic (exact) mass is 280 g/mol. The van der Waals surface area contributed by atoms with Gasteiger partial charge in [-0.25, -0.2) is 0 Å². The summed E-state index contributed by atoms with van der Waals surface area (Å²) in [6.07, 6.45) is 7.56. The Morgan fingerprint density at radius 3 is 2.30 bits per heavy atom. The smallest absolute Gasteiger partial charge is 0.320 e. The molecule has 1 unspecified atom stereocenters. The number of likely N-dealkylation sites (tertiary alicyclic amines) is 1. The van der Waals surface area contributed by atoms with Crippen molar-refractivity contribution < 1.29 is 14.7 Å². The molecule has 1 heterocycles. The maximum atomic E-state index is 12.2. The third-order valence-electron chi connectivity index (χ3n) is 4.83. The first-order valence-electron chi connectivity index (χ1n) is 7.91. The third-order valence-corrected chi connectivity index (χ3v) is 4.83. The Morgan fingerprint density at radius 2 is 1.75 bits per heavy atom. The fourth-order valence-corrected chi connectivity index (χ4v) is 3.41. The van der Waals surface area contributed by atoms with Crippen LogP contribution in [0.25, 0.3) is 0 Å². The molecule has 5 nitrogen and oxygen atoms in total. The average molecular weight is 280 g/mol. The zero-order valence-corrected chi connectivity index (χ0v) is 11.9. The minimum Gasteiger partial charge on any atom is -0.480 e. The summed E-state index contributed by atoms with van der Waals surface area (Å²) < 4.78 is 0. The highest BCUT2D eigenvalue weighted by Gasteiger charge is 2.42. The van der Waals surface area contributed by atoms with E-state index in [9.17, 15) is 14.7 Å². The van der Waals surface area contributed by atoms with Gasteiger partial charge in [-0.3, -0.25) is 14.5 Å². The minimum absolute atomic E-state index is 0.0157. The summed E-state index contributed by atoms with van der Waals surface area (Å²) in [6, 6.07) is -0.120. The van der Waals surface area contributed by atoms with Crippen molar-refractivity contribution in [1.82, 2.24) is 10.2 Å². The predicted molar refractivity (Wildman–Crippen MR) is 74.2 cm³/mol. The number of piperidine rings is 1. The van der Waals surface area contributed by atoms with Crippen LogP contribution in [-0.2, 0) is 9.59 Å². The zero-order valence-electron chi connectivity index (χ0n) is 11.9. The zero-order chi connectivity index (χ0) is 14.1. The SMILES string of the molecule is O=C(CN1CCCCC1C(=O)O)NC(C1CC1)C1CC1. The summed E-state index contributed by atoms with van der Waals surface area (Å²) in [5, 5.41) is 12.4. The number of carboxylic acids is 1. The maximum Gasteiger partial charge on any atom is 0.320 e. The molecule has 2 aliphatic carbocycles. The number of carbonyl (C=O) groups excluding carboxylic acids is 1. The minimum atomic E-state index is -0.793. The number of rotatable bonds is 6. The van der Waals surface area contributed by atoms with Gasteiger partial charge < -0.3 is 10.4 Å². The molecule has 1 amide bonds. The summed E-state index contributed by atoms with van der Waals surface area (Å²) in [7, 11) is 0. The van der Waals surface area contributed by atoms with E-state index >= 15 is 0 Å². The van der Waals surface area contributed by atoms with Gasteiger partial charge in [-0.15, -0.1) is 0 Å². The summed E-state index contributed by atoms with van der Waals surface area (Å²) in [5.74, 6) is 0.589. The topological polar surface area (TPSA) is 69.6 Å². The Kier molecular flexibility index (Phi) is 3.96. The van der Waals surface area contributed by atoms with Gasteiger partial charge in [0, 0.05) is 6.04 Å². The number of hydrogen-bond acceptors (Lipinski definition) is 3. The lowest BCUT2D eigenvalue weighted by Crippen LogP contribution is -2.51. The van der Waals surface area contributed by atoms with Crippen molar-refractivity contribution in [3.63, 3.8) is 0 Å². The molecule has 3 fully saturated rings. The van der Waals surface area contributed by atoms with Gasteiger partial charge in [-0.05, 0) is 56.9 Å². The molecule has 0 aromatic carbocycles. The van der Waals surface area contributed by atoms with Crippen LogP contribution in [0.4, 0.5) is 0 Å². The van der Waals surface area contributed by atoms with Gasteiger partial charge >= 0.3 is 5.97 Å². The van der Waals surface area contributed by atoms with Crippen molar-refractivity contribution >= 4 is 11.9 Å². The van der Waals surface area contributed by atoms with Crippen LogP contribution in [-0.4, -0.2) is 47.1 Å². The van der Waals surface area contributed by atoms with E-state index in [1.807, 2.05) is 4.90 Å². The van der Waals surface area contributed by atoms with E-state index in [2.05, 4.69) is 5.32 Å². The second-order valence-corrected chi connectivity index (χ2v) is 6.59. The normalized spacial score (nSPS) is 27.6. The molecule has 0 bridgehead atoms. The van der Waals surface area contributed by atoms with Crippen molar-refractivity contribution in [2.75, 3.05) is 13.1 Å². The summed E-state index contributed by atoms with van der Waals surface area (Å²) >= 11 is 0. The number of amides is 1. The van der Waals surface area contributed by atoms with Crippen LogP contribution in [0.2, 0.25) is 0 Å². The molecule has 20 heavy (non-hydrogen) atoms. The maximum absolute atomic E-state index is 12.2. The molecule has 1 aliphatic heterocycles. The Balaban J connectivity index is 1.52. The number of nitrogens with one attached hydrogen (secondary N) is 1. The highest BCUT2D eigenvalue weighted by atomic mass is 16.4. The van der Waals surface area contributed by atoms with E-state index in [1.165, 1.54) is 25.7 Å². The van der Waals surface area contributed by atoms with Gasteiger partial charge in [-0.2, -0.15) is 0 Å². The molecule has 0 aromatic rings. The van der Waals surface area contributed by atoms with Crippen LogP contribution in [0.3, 0.4) is 0 Å². The van der Waals surface area contributed by atoms with E-state index in [4.69, 9.17) is 0 Å². The van der Waals surface area contributed by atoms with Gasteiger partial charge in [0.25, 0.3) is 0 Å². The molecule has 1 saturated heterocycles. The van der Waals surface area contributed by atoms with Crippen molar-refractivity contribution in [2.45, 2.75) is 57.0 Å². The van der Waals surface area contributed by atoms with Crippen molar-refractivity contribution in [3.8, 4) is 0 Å². The molecule has 3 rings (SSSR count). The largest absolute Gasteiger partial charge is 0.480 e. The average Bonchev–Trinajstić information content (AvgIpc) is 3.28. The van der Waals surface area contributed by atoms with Crippen LogP contribution >= 0.6 is 0 Å². The van der Waals surface area contributed by atoms with Crippen molar-refractivity contribution in [3.05, 3.63) is 0 Å². The predicted octanol–water partition coefficient (Wildman–Crippen LogP) is 1.23. The molecule has 2 saturated carbocycles. The van der Waals surface area contributed by atoms with E-state index in [0.29, 0.717) is 24.3 Å². The Morgan fingerprint density at radius 1 is 1.10 bits per heavy atom. The second kappa shape index (κ2) is 5.72. The van der Waals surface area contributed by atoms with Gasteiger partial charge in [0.1, 0.15) is 6.04 Å². The molecule has 0 radical (unpaired) electrons. The molecule has 5 heteroatoms. The number of carboxylic acid groups (broad SMARTS) is 1. The first-order valence-corrected chi connectivity index (χ1v) is 7.91. The fourth-order valence-electron chi connectivity index (χ4n) is 3.41. The number of nitrogens with zero attached hydrogens (tertiary/aromatic N) is 1. The molecular weight excluding hydrogens is 256 g/mol. The molecule has 3 aliphatic rings. The van der Waals surface area contributed by atoms with E-state index < -0.39 is 12.0 Å². The molecular formula is C15H24N2O3. The fraction of sp³-hybridized carbons (Fsp3) is 0.867. The molecule has 0 spiro atoms. The van der Waals surface area contributed by atoms with Crippen molar-refractivity contribution in [2.24, 2.45) is 11.8 Å². The van der Waals surface area contributed by atoms with Gasteiger partial charge in [0.05, 0.1) is 6.54 Å². The van der Waals surface area contributed by atoms with Gasteiger partial charge in [0.15, 0.2) is 0 Å². The first kappa shape index (κ1) is 13.9. The third kappa shape index (κ3) is 3.32. The Hall–Kier alpha value is -1.10. The summed E-state index contributed by atoms with van der Waals surface area (Å²) in [4.78, 5) is 25.3. The lowest BCUT2D eigenvalue weighted by Gasteiger charge is -2.32. The molecule has 112 valence electrons. The van der Waals surface area contributed by atoms with E-state index in [0.717, 1.165) is 19.4 Å². The number of carbonyl (C=O) groups is 2. The summed E-state index contributed by atoms with van der Waals surface area (Å²) in [6.45, 7) is 0.967. The standard InChI is InChI=1S/C15H24N2O3/c18-13(16-14(10-4-5-10)11-6-7-11)9-17-8-2-1-3-12(17)15(19)20/h10-12,14H,1-9H2,(H,16,18)(H,19,20). The molecule has 0 aromatic heterocycles. The van der Waals surface area contributed by atoms with Gasteiger partial charge in [-0.1, -0.05) is 6.42 Å². The highest BCUT2D eigenvalue weighted by Crippen LogP contribution is 2.44. The van der Waals surface area contributed by atoms with Crippen LogP contribution < -0.4 is 5.32 Å². The number of hydrogen-bond donors (Lipinski definition) is 2.